The maximum absolute atomic E-state index is 9.03. The quantitative estimate of drug-likeness (QED) is 0.769. The van der Waals surface area contributed by atoms with E-state index in [0.29, 0.717) is 0 Å². The fourth-order valence-electron chi connectivity index (χ4n) is 1.77. The van der Waals surface area contributed by atoms with E-state index in [1.807, 2.05) is 18.7 Å². The third kappa shape index (κ3) is 3.32. The van der Waals surface area contributed by atoms with E-state index < -0.39 is 0 Å². The van der Waals surface area contributed by atoms with Crippen LogP contribution in [0.25, 0.3) is 0 Å². The minimum atomic E-state index is 0.00687. The van der Waals surface area contributed by atoms with Crippen LogP contribution >= 0.6 is 0 Å². The Morgan fingerprint density at radius 1 is 1.56 bits per heavy atom. The lowest BCUT2D eigenvalue weighted by atomic mass is 9.95. The predicted octanol–water partition coefficient (Wildman–Crippen LogP) is 1.37. The van der Waals surface area contributed by atoms with Gasteiger partial charge in [0, 0.05) is 25.7 Å². The highest BCUT2D eigenvalue weighted by molar-refractivity contribution is 5.08. The monoisotopic (exact) mass is 225 g/mol. The van der Waals surface area contributed by atoms with Crippen LogP contribution < -0.4 is 5.32 Å². The van der Waals surface area contributed by atoms with Crippen molar-refractivity contribution in [2.24, 2.45) is 7.05 Å². The molecular formula is C12H23N3O. The van der Waals surface area contributed by atoms with Gasteiger partial charge in [-0.2, -0.15) is 5.10 Å². The van der Waals surface area contributed by atoms with Crippen molar-refractivity contribution in [2.45, 2.75) is 45.7 Å². The van der Waals surface area contributed by atoms with Crippen LogP contribution in [0.15, 0.2) is 6.07 Å². The van der Waals surface area contributed by atoms with Crippen LogP contribution in [0.3, 0.4) is 0 Å². The number of rotatable bonds is 6. The first-order chi connectivity index (χ1) is 7.50. The average molecular weight is 225 g/mol. The van der Waals surface area contributed by atoms with Gasteiger partial charge in [0.1, 0.15) is 0 Å². The van der Waals surface area contributed by atoms with Gasteiger partial charge >= 0.3 is 0 Å². The summed E-state index contributed by atoms with van der Waals surface area (Å²) in [6, 6.07) is 2.09. The Morgan fingerprint density at radius 3 is 2.69 bits per heavy atom. The first kappa shape index (κ1) is 13.2. The van der Waals surface area contributed by atoms with Gasteiger partial charge in [-0.05, 0) is 32.8 Å². The summed E-state index contributed by atoms with van der Waals surface area (Å²) in [7, 11) is 1.96. The van der Waals surface area contributed by atoms with Gasteiger partial charge in [0.05, 0.1) is 11.4 Å². The third-order valence-corrected chi connectivity index (χ3v) is 3.24. The standard InChI is InChI=1S/C12H23N3O/c1-5-12(3,6-7-16)13-9-11-8-10(2)14-15(11)4/h8,13,16H,5-7,9H2,1-4H3. The number of hydrogen-bond donors (Lipinski definition) is 2. The molecule has 0 spiro atoms. The molecule has 2 N–H and O–H groups in total. The van der Waals surface area contributed by atoms with Crippen LogP contribution in [0.1, 0.15) is 38.1 Å². The number of aryl methyl sites for hydroxylation is 2. The molecule has 0 aliphatic heterocycles. The van der Waals surface area contributed by atoms with Crippen LogP contribution in [0.5, 0.6) is 0 Å². The zero-order chi connectivity index (χ0) is 12.2. The lowest BCUT2D eigenvalue weighted by Crippen LogP contribution is -2.42. The Labute approximate surface area is 97.7 Å². The zero-order valence-corrected chi connectivity index (χ0v) is 10.7. The first-order valence-corrected chi connectivity index (χ1v) is 5.86. The minimum absolute atomic E-state index is 0.00687. The summed E-state index contributed by atoms with van der Waals surface area (Å²) >= 11 is 0. The second kappa shape index (κ2) is 5.46. The summed E-state index contributed by atoms with van der Waals surface area (Å²) in [5.74, 6) is 0. The average Bonchev–Trinajstić information content (AvgIpc) is 2.55. The van der Waals surface area contributed by atoms with Crippen molar-refractivity contribution in [3.63, 3.8) is 0 Å². The summed E-state index contributed by atoms with van der Waals surface area (Å²) in [6.07, 6.45) is 1.78. The summed E-state index contributed by atoms with van der Waals surface area (Å²) in [5, 5.41) is 16.8. The topological polar surface area (TPSA) is 50.1 Å². The Hall–Kier alpha value is -0.870. The molecule has 0 aliphatic rings. The highest BCUT2D eigenvalue weighted by Crippen LogP contribution is 2.15. The lowest BCUT2D eigenvalue weighted by molar-refractivity contribution is 0.213. The van der Waals surface area contributed by atoms with Gasteiger partial charge in [0.2, 0.25) is 0 Å². The second-order valence-corrected chi connectivity index (χ2v) is 4.64. The number of aliphatic hydroxyl groups excluding tert-OH is 1. The summed E-state index contributed by atoms with van der Waals surface area (Å²) < 4.78 is 1.90. The molecule has 0 fully saturated rings. The van der Waals surface area contributed by atoms with Crippen LogP contribution in [-0.2, 0) is 13.6 Å². The fourth-order valence-corrected chi connectivity index (χ4v) is 1.77. The Morgan fingerprint density at radius 2 is 2.25 bits per heavy atom. The van der Waals surface area contributed by atoms with Crippen LogP contribution in [0.4, 0.5) is 0 Å². The highest BCUT2D eigenvalue weighted by Gasteiger charge is 2.20. The van der Waals surface area contributed by atoms with E-state index in [1.165, 1.54) is 5.69 Å². The minimum Gasteiger partial charge on any atom is -0.396 e. The van der Waals surface area contributed by atoms with Gasteiger partial charge in [0.15, 0.2) is 0 Å². The van der Waals surface area contributed by atoms with Crippen LogP contribution in [0, 0.1) is 6.92 Å². The van der Waals surface area contributed by atoms with Crippen LogP contribution in [0.2, 0.25) is 0 Å². The van der Waals surface area contributed by atoms with Gasteiger partial charge in [-0.1, -0.05) is 6.92 Å². The van der Waals surface area contributed by atoms with Gasteiger partial charge in [-0.25, -0.2) is 0 Å². The van der Waals surface area contributed by atoms with Gasteiger partial charge < -0.3 is 10.4 Å². The molecule has 1 aromatic heterocycles. The predicted molar refractivity (Wildman–Crippen MR) is 65.2 cm³/mol. The molecule has 1 unspecified atom stereocenters. The van der Waals surface area contributed by atoms with Gasteiger partial charge in [0.25, 0.3) is 0 Å². The van der Waals surface area contributed by atoms with E-state index in [4.69, 9.17) is 5.11 Å². The largest absolute Gasteiger partial charge is 0.396 e. The molecule has 0 aromatic carbocycles. The lowest BCUT2D eigenvalue weighted by Gasteiger charge is -2.29. The summed E-state index contributed by atoms with van der Waals surface area (Å²) in [6.45, 7) is 7.29. The maximum atomic E-state index is 9.03. The van der Waals surface area contributed by atoms with Crippen LogP contribution in [-0.4, -0.2) is 27.0 Å². The maximum Gasteiger partial charge on any atom is 0.0597 e. The molecule has 1 heterocycles. The van der Waals surface area contributed by atoms with Crippen molar-refractivity contribution in [1.82, 2.24) is 15.1 Å². The number of nitrogens with one attached hydrogen (secondary N) is 1. The SMILES string of the molecule is CCC(C)(CCO)NCc1cc(C)nn1C. The molecule has 0 amide bonds. The second-order valence-electron chi connectivity index (χ2n) is 4.64. The number of hydrogen-bond acceptors (Lipinski definition) is 3. The fraction of sp³-hybridized carbons (Fsp3) is 0.750. The molecule has 4 nitrogen and oxygen atoms in total. The molecule has 0 saturated heterocycles. The number of aliphatic hydroxyl groups is 1. The van der Waals surface area contributed by atoms with E-state index in [1.54, 1.807) is 0 Å². The molecule has 0 saturated carbocycles. The molecule has 0 radical (unpaired) electrons. The van der Waals surface area contributed by atoms with Crippen molar-refractivity contribution in [2.75, 3.05) is 6.61 Å². The molecule has 1 aromatic rings. The van der Waals surface area contributed by atoms with Crippen molar-refractivity contribution in [3.05, 3.63) is 17.5 Å². The van der Waals surface area contributed by atoms with Gasteiger partial charge in [-0.15, -0.1) is 0 Å². The number of nitrogens with zero attached hydrogens (tertiary/aromatic N) is 2. The first-order valence-electron chi connectivity index (χ1n) is 5.86. The Balaban J connectivity index is 2.59. The molecule has 1 rings (SSSR count). The van der Waals surface area contributed by atoms with E-state index in [-0.39, 0.29) is 12.1 Å². The van der Waals surface area contributed by atoms with Crippen molar-refractivity contribution < 1.29 is 5.11 Å². The van der Waals surface area contributed by atoms with E-state index >= 15 is 0 Å². The van der Waals surface area contributed by atoms with Gasteiger partial charge in [-0.3, -0.25) is 4.68 Å². The molecule has 16 heavy (non-hydrogen) atoms. The highest BCUT2D eigenvalue weighted by atomic mass is 16.3. The Bertz CT molecular complexity index is 335. The Kier molecular flexibility index (Phi) is 4.50. The molecule has 1 atom stereocenters. The molecule has 0 bridgehead atoms. The third-order valence-electron chi connectivity index (χ3n) is 3.24. The molecule has 92 valence electrons. The summed E-state index contributed by atoms with van der Waals surface area (Å²) in [5.41, 5.74) is 2.22. The molecular weight excluding hydrogens is 202 g/mol. The van der Waals surface area contributed by atoms with E-state index in [9.17, 15) is 0 Å². The summed E-state index contributed by atoms with van der Waals surface area (Å²) in [4.78, 5) is 0. The molecule has 0 aliphatic carbocycles. The van der Waals surface area contributed by atoms with E-state index in [2.05, 4.69) is 30.3 Å². The molecule has 4 heteroatoms. The van der Waals surface area contributed by atoms with Crippen molar-refractivity contribution in [1.29, 1.82) is 0 Å². The number of aromatic nitrogens is 2. The normalized spacial score (nSPS) is 15.1. The van der Waals surface area contributed by atoms with Crippen molar-refractivity contribution in [3.8, 4) is 0 Å². The zero-order valence-electron chi connectivity index (χ0n) is 10.7. The van der Waals surface area contributed by atoms with Crippen molar-refractivity contribution >= 4 is 0 Å². The van der Waals surface area contributed by atoms with E-state index in [0.717, 1.165) is 25.1 Å². The smallest absolute Gasteiger partial charge is 0.0597 e.